The van der Waals surface area contributed by atoms with Crippen LogP contribution in [0.4, 0.5) is 9.18 Å². The highest BCUT2D eigenvalue weighted by atomic mass is 35.5. The Morgan fingerprint density at radius 1 is 1.31 bits per heavy atom. The number of halogens is 2. The number of phenolic OH excluding ortho intramolecular Hbond substituents is 1. The van der Waals surface area contributed by atoms with Gasteiger partial charge in [-0.2, -0.15) is 0 Å². The third kappa shape index (κ3) is 3.54. The quantitative estimate of drug-likeness (QED) is 0.778. The van der Waals surface area contributed by atoms with E-state index in [1.165, 1.54) is 43.5 Å². The molecule has 1 N–H and O–H groups in total. The van der Waals surface area contributed by atoms with Crippen LogP contribution in [0.25, 0.3) is 6.08 Å². The molecule has 0 aromatic heterocycles. The van der Waals surface area contributed by atoms with Gasteiger partial charge in [0.05, 0.1) is 18.6 Å². The minimum absolute atomic E-state index is 0.0352. The number of phenols is 1. The molecule has 0 radical (unpaired) electrons. The average Bonchev–Trinajstić information content (AvgIpc) is 2.87. The van der Waals surface area contributed by atoms with Crippen LogP contribution in [0.5, 0.6) is 11.5 Å². The van der Waals surface area contributed by atoms with Gasteiger partial charge < -0.3 is 9.84 Å². The summed E-state index contributed by atoms with van der Waals surface area (Å²) in [6.45, 7) is -0.244. The van der Waals surface area contributed by atoms with Gasteiger partial charge in [0.2, 0.25) is 0 Å². The first-order chi connectivity index (χ1) is 12.4. The molecule has 1 aliphatic rings. The number of carbonyl (C=O) groups is 2. The molecule has 1 saturated heterocycles. The van der Waals surface area contributed by atoms with Gasteiger partial charge in [-0.3, -0.25) is 14.5 Å². The van der Waals surface area contributed by atoms with Gasteiger partial charge in [-0.15, -0.1) is 0 Å². The van der Waals surface area contributed by atoms with Crippen molar-refractivity contribution in [1.82, 2.24) is 4.90 Å². The monoisotopic (exact) mass is 393 g/mol. The van der Waals surface area contributed by atoms with Crippen molar-refractivity contribution in [2.45, 2.75) is 6.54 Å². The van der Waals surface area contributed by atoms with Gasteiger partial charge in [-0.25, -0.2) is 4.39 Å². The first-order valence-electron chi connectivity index (χ1n) is 7.46. The average molecular weight is 394 g/mol. The van der Waals surface area contributed by atoms with Gasteiger partial charge >= 0.3 is 0 Å². The Bertz CT molecular complexity index is 911. The largest absolute Gasteiger partial charge is 0.504 e. The third-order valence-corrected chi connectivity index (χ3v) is 5.01. The molecular formula is C18H13ClFNO4S. The molecule has 1 fully saturated rings. The standard InChI is InChI=1S/C18H13ClFNO4S/c1-25-15-7-10(5-6-14(15)22)8-16-17(23)21(18(24)26-16)9-11-12(19)3-2-4-13(11)20/h2-8,22H,9H2,1H3. The van der Waals surface area contributed by atoms with Crippen molar-refractivity contribution >= 4 is 40.6 Å². The summed E-state index contributed by atoms with van der Waals surface area (Å²) < 4.78 is 19.0. The maximum atomic E-state index is 13.9. The zero-order valence-corrected chi connectivity index (χ0v) is 15.1. The van der Waals surface area contributed by atoms with Crippen LogP contribution in [0.1, 0.15) is 11.1 Å². The zero-order chi connectivity index (χ0) is 18.8. The molecule has 8 heteroatoms. The lowest BCUT2D eigenvalue weighted by Gasteiger charge is -2.14. The van der Waals surface area contributed by atoms with Crippen molar-refractivity contribution in [3.05, 3.63) is 63.3 Å². The minimum atomic E-state index is -0.580. The van der Waals surface area contributed by atoms with Crippen LogP contribution < -0.4 is 4.74 Å². The van der Waals surface area contributed by atoms with Gasteiger partial charge in [0, 0.05) is 10.6 Å². The summed E-state index contributed by atoms with van der Waals surface area (Å²) in [6.07, 6.45) is 1.51. The van der Waals surface area contributed by atoms with Crippen LogP contribution in [0.15, 0.2) is 41.3 Å². The number of aromatic hydroxyl groups is 1. The van der Waals surface area contributed by atoms with Crippen molar-refractivity contribution in [2.24, 2.45) is 0 Å². The molecule has 1 heterocycles. The molecule has 3 rings (SSSR count). The SMILES string of the molecule is COc1cc(C=C2SC(=O)N(Cc3c(F)cccc3Cl)C2=O)ccc1O. The van der Waals surface area contributed by atoms with Crippen molar-refractivity contribution in [2.75, 3.05) is 7.11 Å². The Labute approximate surface area is 158 Å². The summed E-state index contributed by atoms with van der Waals surface area (Å²) in [6, 6.07) is 8.72. The summed E-state index contributed by atoms with van der Waals surface area (Å²) >= 11 is 6.72. The highest BCUT2D eigenvalue weighted by Gasteiger charge is 2.35. The first kappa shape index (κ1) is 18.3. The third-order valence-electron chi connectivity index (χ3n) is 3.75. The summed E-state index contributed by atoms with van der Waals surface area (Å²) in [5.41, 5.74) is 0.665. The zero-order valence-electron chi connectivity index (χ0n) is 13.5. The molecule has 0 bridgehead atoms. The molecule has 0 aliphatic carbocycles. The normalized spacial score (nSPS) is 15.8. The second kappa shape index (κ2) is 7.39. The van der Waals surface area contributed by atoms with Crippen LogP contribution in [0, 0.1) is 5.82 Å². The molecule has 5 nitrogen and oxygen atoms in total. The van der Waals surface area contributed by atoms with Crippen molar-refractivity contribution in [1.29, 1.82) is 0 Å². The fourth-order valence-electron chi connectivity index (χ4n) is 2.41. The van der Waals surface area contributed by atoms with Gasteiger partial charge in [0.25, 0.3) is 11.1 Å². The van der Waals surface area contributed by atoms with Crippen LogP contribution in [0.3, 0.4) is 0 Å². The highest BCUT2D eigenvalue weighted by Crippen LogP contribution is 2.35. The number of benzene rings is 2. The molecule has 2 aromatic rings. The topological polar surface area (TPSA) is 66.8 Å². The molecule has 0 unspecified atom stereocenters. The lowest BCUT2D eigenvalue weighted by molar-refractivity contribution is -0.123. The van der Waals surface area contributed by atoms with Crippen molar-refractivity contribution < 1.29 is 23.8 Å². The number of carbonyl (C=O) groups excluding carboxylic acids is 2. The van der Waals surface area contributed by atoms with E-state index in [1.54, 1.807) is 6.07 Å². The van der Waals surface area contributed by atoms with E-state index >= 15 is 0 Å². The number of rotatable bonds is 4. The summed E-state index contributed by atoms with van der Waals surface area (Å²) in [5, 5.41) is 9.26. The molecule has 0 saturated carbocycles. The molecule has 0 spiro atoms. The molecule has 2 amide bonds. The fraction of sp³-hybridized carbons (Fsp3) is 0.111. The maximum Gasteiger partial charge on any atom is 0.293 e. The Morgan fingerprint density at radius 3 is 2.77 bits per heavy atom. The Morgan fingerprint density at radius 2 is 2.08 bits per heavy atom. The van der Waals surface area contributed by atoms with Crippen LogP contribution >= 0.6 is 23.4 Å². The number of thioether (sulfide) groups is 1. The van der Waals surface area contributed by atoms with Crippen LogP contribution in [-0.4, -0.2) is 28.3 Å². The lowest BCUT2D eigenvalue weighted by atomic mass is 10.1. The number of hydrogen-bond donors (Lipinski definition) is 1. The Hall–Kier alpha value is -2.51. The van der Waals surface area contributed by atoms with Gasteiger partial charge in [-0.1, -0.05) is 23.7 Å². The predicted molar refractivity (Wildman–Crippen MR) is 97.6 cm³/mol. The van der Waals surface area contributed by atoms with Gasteiger partial charge in [-0.05, 0) is 47.7 Å². The van der Waals surface area contributed by atoms with E-state index in [0.29, 0.717) is 5.56 Å². The van der Waals surface area contributed by atoms with E-state index in [1.807, 2.05) is 0 Å². The number of amides is 2. The van der Waals surface area contributed by atoms with Crippen LogP contribution in [-0.2, 0) is 11.3 Å². The first-order valence-corrected chi connectivity index (χ1v) is 8.65. The molecule has 134 valence electrons. The predicted octanol–water partition coefficient (Wildman–Crippen LogP) is 4.43. The van der Waals surface area contributed by atoms with Gasteiger partial charge in [0.15, 0.2) is 11.5 Å². The number of hydrogen-bond acceptors (Lipinski definition) is 5. The number of nitrogens with zero attached hydrogens (tertiary/aromatic N) is 1. The fourth-order valence-corrected chi connectivity index (χ4v) is 3.47. The van der Waals surface area contributed by atoms with E-state index in [2.05, 4.69) is 0 Å². The van der Waals surface area contributed by atoms with Crippen molar-refractivity contribution in [3.8, 4) is 11.5 Å². The second-order valence-corrected chi connectivity index (χ2v) is 6.80. The highest BCUT2D eigenvalue weighted by molar-refractivity contribution is 8.18. The summed E-state index contributed by atoms with van der Waals surface area (Å²) in [5.74, 6) is -0.904. The van der Waals surface area contributed by atoms with E-state index < -0.39 is 17.0 Å². The maximum absolute atomic E-state index is 13.9. The lowest BCUT2D eigenvalue weighted by Crippen LogP contribution is -2.28. The van der Waals surface area contributed by atoms with E-state index in [0.717, 1.165) is 16.7 Å². The second-order valence-electron chi connectivity index (χ2n) is 5.40. The van der Waals surface area contributed by atoms with E-state index in [-0.39, 0.29) is 33.5 Å². The molecule has 2 aromatic carbocycles. The summed E-state index contributed by atoms with van der Waals surface area (Å²) in [7, 11) is 1.41. The number of ether oxygens (including phenoxy) is 1. The molecule has 0 atom stereocenters. The van der Waals surface area contributed by atoms with E-state index in [4.69, 9.17) is 16.3 Å². The van der Waals surface area contributed by atoms with Crippen molar-refractivity contribution in [3.63, 3.8) is 0 Å². The minimum Gasteiger partial charge on any atom is -0.504 e. The number of imide groups is 1. The molecule has 1 aliphatic heterocycles. The number of methoxy groups -OCH3 is 1. The Balaban J connectivity index is 1.87. The smallest absolute Gasteiger partial charge is 0.293 e. The summed E-state index contributed by atoms with van der Waals surface area (Å²) in [4.78, 5) is 25.9. The Kier molecular flexibility index (Phi) is 5.20. The van der Waals surface area contributed by atoms with Gasteiger partial charge in [0.1, 0.15) is 5.82 Å². The van der Waals surface area contributed by atoms with E-state index in [9.17, 15) is 19.1 Å². The molecular weight excluding hydrogens is 381 g/mol. The molecule has 26 heavy (non-hydrogen) atoms. The van der Waals surface area contributed by atoms with Crippen LogP contribution in [0.2, 0.25) is 5.02 Å².